The number of alkyl halides is 2. The topological polar surface area (TPSA) is 119 Å². The standard InChI is InChI=1S/C23H24Br2N2O7/c1-3-33-23(32)11-4-6-12(7-5-11)26-15(28)9-34-22(31)10(2)27-20(29)16-13-8-14(17(16)21(27)30)19(25)18(13)24/h4-7,10,13-14,16-19H,3,8-9H2,1-2H3,(H,26,28)/t10-,13+,14+,16-,17+,18-,19+/m0/s1. The molecule has 1 heterocycles. The molecule has 182 valence electrons. The smallest absolute Gasteiger partial charge is 0.338 e. The van der Waals surface area contributed by atoms with Gasteiger partial charge in [0.05, 0.1) is 24.0 Å². The van der Waals surface area contributed by atoms with Crippen LogP contribution in [0.2, 0.25) is 0 Å². The van der Waals surface area contributed by atoms with Crippen molar-refractivity contribution in [1.82, 2.24) is 4.90 Å². The number of esters is 2. The number of benzene rings is 1. The van der Waals surface area contributed by atoms with E-state index >= 15 is 0 Å². The van der Waals surface area contributed by atoms with E-state index in [2.05, 4.69) is 37.2 Å². The minimum Gasteiger partial charge on any atom is -0.462 e. The summed E-state index contributed by atoms with van der Waals surface area (Å²) in [7, 11) is 0. The fourth-order valence-electron chi connectivity index (χ4n) is 5.22. The molecule has 2 saturated carbocycles. The predicted molar refractivity (Wildman–Crippen MR) is 127 cm³/mol. The number of halogens is 2. The van der Waals surface area contributed by atoms with Gasteiger partial charge in [0.2, 0.25) is 11.8 Å². The summed E-state index contributed by atoms with van der Waals surface area (Å²) in [5.74, 6) is -3.34. The maximum Gasteiger partial charge on any atom is 0.338 e. The quantitative estimate of drug-likeness (QED) is 0.290. The van der Waals surface area contributed by atoms with Gasteiger partial charge < -0.3 is 14.8 Å². The summed E-state index contributed by atoms with van der Waals surface area (Å²) in [5, 5.41) is 2.56. The highest BCUT2D eigenvalue weighted by atomic mass is 79.9. The molecular formula is C23H24Br2N2O7. The molecule has 1 saturated heterocycles. The van der Waals surface area contributed by atoms with Gasteiger partial charge in [0.1, 0.15) is 6.04 Å². The lowest BCUT2D eigenvalue weighted by Gasteiger charge is -2.28. The third-order valence-corrected chi connectivity index (χ3v) is 9.98. The van der Waals surface area contributed by atoms with Gasteiger partial charge in [0.15, 0.2) is 6.61 Å². The molecule has 0 aromatic heterocycles. The van der Waals surface area contributed by atoms with Gasteiger partial charge in [0, 0.05) is 15.3 Å². The Bertz CT molecular complexity index is 999. The van der Waals surface area contributed by atoms with Crippen molar-refractivity contribution in [3.8, 4) is 0 Å². The number of ether oxygens (including phenoxy) is 2. The number of hydrogen-bond acceptors (Lipinski definition) is 7. The van der Waals surface area contributed by atoms with Crippen molar-refractivity contribution in [1.29, 1.82) is 0 Å². The molecule has 34 heavy (non-hydrogen) atoms. The van der Waals surface area contributed by atoms with Crippen molar-refractivity contribution in [2.24, 2.45) is 23.7 Å². The minimum absolute atomic E-state index is 0.0463. The van der Waals surface area contributed by atoms with Crippen LogP contribution in [-0.4, -0.2) is 63.5 Å². The lowest BCUT2D eigenvalue weighted by molar-refractivity contribution is -0.159. The molecule has 3 amide bonds. The van der Waals surface area contributed by atoms with Crippen LogP contribution in [0.15, 0.2) is 24.3 Å². The van der Waals surface area contributed by atoms with Crippen LogP contribution >= 0.6 is 31.9 Å². The van der Waals surface area contributed by atoms with Crippen LogP contribution in [0.1, 0.15) is 30.6 Å². The molecule has 2 aliphatic carbocycles. The lowest BCUT2D eigenvalue weighted by atomic mass is 9.81. The van der Waals surface area contributed by atoms with Crippen LogP contribution in [0.5, 0.6) is 0 Å². The fourth-order valence-corrected chi connectivity index (χ4v) is 7.09. The van der Waals surface area contributed by atoms with Gasteiger partial charge >= 0.3 is 11.9 Å². The summed E-state index contributed by atoms with van der Waals surface area (Å²) in [6, 6.07) is 4.94. The van der Waals surface area contributed by atoms with Gasteiger partial charge in [-0.1, -0.05) is 31.9 Å². The van der Waals surface area contributed by atoms with Gasteiger partial charge in [0.25, 0.3) is 5.91 Å². The van der Waals surface area contributed by atoms with Crippen LogP contribution in [0.4, 0.5) is 5.69 Å². The fraction of sp³-hybridized carbons (Fsp3) is 0.522. The first-order valence-corrected chi connectivity index (χ1v) is 12.9. The number of imide groups is 1. The minimum atomic E-state index is -1.12. The first-order chi connectivity index (χ1) is 16.1. The summed E-state index contributed by atoms with van der Waals surface area (Å²) < 4.78 is 9.99. The molecule has 3 aliphatic rings. The Morgan fingerprint density at radius 1 is 1.03 bits per heavy atom. The lowest BCUT2D eigenvalue weighted by Crippen LogP contribution is -2.45. The summed E-state index contributed by atoms with van der Waals surface area (Å²) in [6.45, 7) is 2.82. The molecule has 4 rings (SSSR count). The molecule has 1 aromatic carbocycles. The van der Waals surface area contributed by atoms with Crippen LogP contribution in [0.3, 0.4) is 0 Å². The first kappa shape index (κ1) is 24.8. The molecule has 0 spiro atoms. The zero-order chi connectivity index (χ0) is 24.7. The van der Waals surface area contributed by atoms with E-state index in [-0.39, 0.29) is 39.9 Å². The maximum absolute atomic E-state index is 13.0. The number of amides is 3. The number of carbonyl (C=O) groups excluding carboxylic acids is 5. The van der Waals surface area contributed by atoms with E-state index in [1.165, 1.54) is 31.2 Å². The molecule has 1 aliphatic heterocycles. The number of fused-ring (bicyclic) bond motifs is 5. The summed E-state index contributed by atoms with van der Waals surface area (Å²) >= 11 is 7.26. The molecule has 1 aromatic rings. The summed E-state index contributed by atoms with van der Waals surface area (Å²) in [6.07, 6.45) is 0.798. The van der Waals surface area contributed by atoms with Crippen molar-refractivity contribution in [2.45, 2.75) is 36.0 Å². The van der Waals surface area contributed by atoms with Crippen molar-refractivity contribution >= 4 is 67.2 Å². The number of nitrogens with one attached hydrogen (secondary N) is 1. The van der Waals surface area contributed by atoms with Gasteiger partial charge in [-0.25, -0.2) is 9.59 Å². The number of likely N-dealkylation sites (tertiary alicyclic amines) is 1. The first-order valence-electron chi connectivity index (χ1n) is 11.0. The summed E-state index contributed by atoms with van der Waals surface area (Å²) in [4.78, 5) is 63.7. The molecule has 0 unspecified atom stereocenters. The Hall–Kier alpha value is -2.27. The second-order valence-electron chi connectivity index (χ2n) is 8.68. The van der Waals surface area contributed by atoms with E-state index in [0.29, 0.717) is 11.3 Å². The molecular weight excluding hydrogens is 576 g/mol. The molecule has 2 bridgehead atoms. The van der Waals surface area contributed by atoms with E-state index in [9.17, 15) is 24.0 Å². The monoisotopic (exact) mass is 598 g/mol. The van der Waals surface area contributed by atoms with Crippen LogP contribution in [0, 0.1) is 23.7 Å². The van der Waals surface area contributed by atoms with Crippen LogP contribution < -0.4 is 5.32 Å². The van der Waals surface area contributed by atoms with Gasteiger partial charge in [-0.05, 0) is 56.4 Å². The largest absolute Gasteiger partial charge is 0.462 e. The van der Waals surface area contributed by atoms with Gasteiger partial charge in [-0.15, -0.1) is 0 Å². The zero-order valence-electron chi connectivity index (χ0n) is 18.5. The molecule has 1 N–H and O–H groups in total. The van der Waals surface area contributed by atoms with Crippen molar-refractivity contribution in [2.75, 3.05) is 18.5 Å². The third kappa shape index (κ3) is 4.28. The van der Waals surface area contributed by atoms with Gasteiger partial charge in [-0.2, -0.15) is 0 Å². The third-order valence-electron chi connectivity index (χ3n) is 6.77. The Morgan fingerprint density at radius 3 is 2.12 bits per heavy atom. The number of hydrogen-bond donors (Lipinski definition) is 1. The predicted octanol–water partition coefficient (Wildman–Crippen LogP) is 2.51. The highest BCUT2D eigenvalue weighted by Crippen LogP contribution is 2.60. The van der Waals surface area contributed by atoms with E-state index < -0.39 is 42.3 Å². The van der Waals surface area contributed by atoms with E-state index in [1.54, 1.807) is 6.92 Å². The number of anilines is 1. The van der Waals surface area contributed by atoms with Crippen molar-refractivity contribution in [3.63, 3.8) is 0 Å². The van der Waals surface area contributed by atoms with Crippen LogP contribution in [0.25, 0.3) is 0 Å². The Balaban J connectivity index is 1.31. The second kappa shape index (κ2) is 9.77. The van der Waals surface area contributed by atoms with E-state index in [1.807, 2.05) is 0 Å². The Kier molecular flexibility index (Phi) is 7.14. The number of rotatable bonds is 7. The Morgan fingerprint density at radius 2 is 1.59 bits per heavy atom. The Labute approximate surface area is 213 Å². The average Bonchev–Trinajstić information content (AvgIpc) is 3.42. The number of nitrogens with zero attached hydrogens (tertiary/aromatic N) is 1. The highest BCUT2D eigenvalue weighted by molar-refractivity contribution is 9.12. The van der Waals surface area contributed by atoms with Crippen molar-refractivity contribution < 1.29 is 33.4 Å². The van der Waals surface area contributed by atoms with E-state index in [4.69, 9.17) is 9.47 Å². The SMILES string of the molecule is CCOC(=O)c1ccc(NC(=O)COC(=O)[C@H](C)N2C(=O)[C@@H]3[C@H]4C[C@@H]([C@H](Br)[C@@H]4Br)[C@@H]3C2=O)cc1. The maximum atomic E-state index is 13.0. The highest BCUT2D eigenvalue weighted by Gasteiger charge is 2.67. The van der Waals surface area contributed by atoms with Crippen molar-refractivity contribution in [3.05, 3.63) is 29.8 Å². The van der Waals surface area contributed by atoms with E-state index in [0.717, 1.165) is 11.3 Å². The molecule has 7 atom stereocenters. The number of carbonyl (C=O) groups is 5. The molecule has 0 radical (unpaired) electrons. The average molecular weight is 600 g/mol. The van der Waals surface area contributed by atoms with Gasteiger partial charge in [-0.3, -0.25) is 19.3 Å². The summed E-state index contributed by atoms with van der Waals surface area (Å²) in [5.41, 5.74) is 0.750. The zero-order valence-corrected chi connectivity index (χ0v) is 21.7. The molecule has 9 nitrogen and oxygen atoms in total. The molecule has 3 fully saturated rings. The molecule has 11 heteroatoms. The normalized spacial score (nSPS) is 30.2. The second-order valence-corrected chi connectivity index (χ2v) is 10.8. The van der Waals surface area contributed by atoms with Crippen LogP contribution in [-0.2, 0) is 28.7 Å².